The van der Waals surface area contributed by atoms with Crippen molar-refractivity contribution in [3.05, 3.63) is 83.0 Å². The van der Waals surface area contributed by atoms with Gasteiger partial charge in [-0.05, 0) is 80.9 Å². The minimum absolute atomic E-state index is 0.0449. The third kappa shape index (κ3) is 7.72. The molecule has 0 radical (unpaired) electrons. The monoisotopic (exact) mass is 535 g/mol. The van der Waals surface area contributed by atoms with E-state index in [2.05, 4.69) is 74.7 Å². The predicted molar refractivity (Wildman–Crippen MR) is 162 cm³/mol. The van der Waals surface area contributed by atoms with Crippen molar-refractivity contribution in [1.82, 2.24) is 4.90 Å². The first-order chi connectivity index (χ1) is 17.9. The Morgan fingerprint density at radius 3 is 2.70 bits per heavy atom. The molecule has 1 aliphatic heterocycles. The summed E-state index contributed by atoms with van der Waals surface area (Å²) in [5, 5.41) is 11.3. The number of thioether (sulfide) groups is 1. The summed E-state index contributed by atoms with van der Waals surface area (Å²) in [5.74, 6) is 2.27. The van der Waals surface area contributed by atoms with Gasteiger partial charge in [0.25, 0.3) is 0 Å². The lowest BCUT2D eigenvalue weighted by molar-refractivity contribution is 0.424. The second-order valence-corrected chi connectivity index (χ2v) is 12.4. The van der Waals surface area contributed by atoms with Gasteiger partial charge in [0.1, 0.15) is 11.5 Å². The van der Waals surface area contributed by atoms with Gasteiger partial charge in [-0.2, -0.15) is 0 Å². The number of unbranched alkanes of at least 4 members (excludes halogenated alkanes) is 2. The van der Waals surface area contributed by atoms with E-state index in [1.165, 1.54) is 24.0 Å². The first kappa shape index (κ1) is 27.9. The number of nitrogens with zero attached hydrogens (tertiary/aromatic N) is 1. The van der Waals surface area contributed by atoms with Gasteiger partial charge in [0.2, 0.25) is 4.38 Å². The maximum atomic E-state index is 11.3. The van der Waals surface area contributed by atoms with Gasteiger partial charge in [-0.3, -0.25) is 4.90 Å². The van der Waals surface area contributed by atoms with Gasteiger partial charge in [-0.15, -0.1) is 0 Å². The molecule has 2 aliphatic rings. The minimum Gasteiger partial charge on any atom is -0.507 e. The molecule has 4 atom stereocenters. The highest BCUT2D eigenvalue weighted by Crippen LogP contribution is 2.47. The van der Waals surface area contributed by atoms with Crippen molar-refractivity contribution in [3.8, 4) is 11.5 Å². The van der Waals surface area contributed by atoms with E-state index in [1.807, 2.05) is 6.07 Å². The third-order valence-electron chi connectivity index (χ3n) is 7.61. The van der Waals surface area contributed by atoms with Crippen molar-refractivity contribution in [2.45, 2.75) is 77.8 Å². The number of aryl methyl sites for hydroxylation is 1. The highest BCUT2D eigenvalue weighted by molar-refractivity contribution is 8.22. The zero-order valence-electron chi connectivity index (χ0n) is 22.5. The molecule has 1 aliphatic carbocycles. The third-order valence-corrected chi connectivity index (χ3v) is 8.91. The van der Waals surface area contributed by atoms with Crippen molar-refractivity contribution in [3.63, 3.8) is 0 Å². The van der Waals surface area contributed by atoms with E-state index in [0.717, 1.165) is 61.2 Å². The average molecular weight is 536 g/mol. The summed E-state index contributed by atoms with van der Waals surface area (Å²) in [6.45, 7) is 12.8. The lowest BCUT2D eigenvalue weighted by atomic mass is 9.73. The molecule has 0 saturated carbocycles. The molecule has 0 amide bonds. The summed E-state index contributed by atoms with van der Waals surface area (Å²) in [6.07, 6.45) is 8.77. The average Bonchev–Trinajstić information content (AvgIpc) is 3.60. The van der Waals surface area contributed by atoms with E-state index in [0.29, 0.717) is 21.9 Å². The molecule has 1 N–H and O–H groups in total. The fourth-order valence-electron chi connectivity index (χ4n) is 5.39. The standard InChI is InChI=1S/C32H41NO2S2/c1-5-6-8-13-25-17-29(34)31(28-16-23(4)14-15-27(28)22(2)3)30(18-25)35-32(36)37-21-26-20-33(26)19-24-11-9-7-10-12-24/h7,9-12,16-18,26-28,34H,2,5-6,8,13-15,19-21H2,1,3-4H3/t26?,27-,28+,33?/m0/s1. The van der Waals surface area contributed by atoms with Gasteiger partial charge < -0.3 is 9.84 Å². The molecule has 0 bridgehead atoms. The number of rotatable bonds is 11. The molecule has 5 heteroatoms. The molecule has 4 rings (SSSR count). The van der Waals surface area contributed by atoms with Crippen molar-refractivity contribution in [2.24, 2.45) is 5.92 Å². The molecular weight excluding hydrogens is 494 g/mol. The van der Waals surface area contributed by atoms with Gasteiger partial charge >= 0.3 is 0 Å². The molecule has 2 aromatic rings. The van der Waals surface area contributed by atoms with Crippen LogP contribution in [0.2, 0.25) is 0 Å². The molecule has 2 aromatic carbocycles. The van der Waals surface area contributed by atoms with Gasteiger partial charge in [0.05, 0.1) is 0 Å². The van der Waals surface area contributed by atoms with Gasteiger partial charge in [0, 0.05) is 36.4 Å². The van der Waals surface area contributed by atoms with Gasteiger partial charge in [-0.1, -0.05) is 85.7 Å². The molecule has 2 unspecified atom stereocenters. The maximum Gasteiger partial charge on any atom is 0.225 e. The van der Waals surface area contributed by atoms with Crippen molar-refractivity contribution in [2.75, 3.05) is 12.3 Å². The Labute approximate surface area is 233 Å². The number of hydrogen-bond donors (Lipinski definition) is 1. The summed E-state index contributed by atoms with van der Waals surface area (Å²) in [7, 11) is 0. The van der Waals surface area contributed by atoms with Gasteiger partial charge in [0.15, 0.2) is 0 Å². The molecule has 3 nitrogen and oxygen atoms in total. The quantitative estimate of drug-likeness (QED) is 0.135. The number of ether oxygens (including phenoxy) is 1. The Hall–Kier alpha value is -2.08. The Morgan fingerprint density at radius 2 is 1.97 bits per heavy atom. The summed E-state index contributed by atoms with van der Waals surface area (Å²) >= 11 is 7.32. The number of phenolic OH excluding ortho intramolecular Hbond substituents is 1. The normalized spacial score (nSPS) is 22.8. The highest BCUT2D eigenvalue weighted by Gasteiger charge is 2.34. The summed E-state index contributed by atoms with van der Waals surface area (Å²) < 4.78 is 6.91. The SMILES string of the molecule is C=C(C)[C@@H]1CCC(C)=C[C@H]1c1c(O)cc(CCCCC)cc1OC(=S)SCC1CN1Cc1ccccc1. The molecule has 0 spiro atoms. The number of allylic oxidation sites excluding steroid dienone is 3. The largest absolute Gasteiger partial charge is 0.507 e. The fourth-order valence-corrected chi connectivity index (χ4v) is 6.48. The van der Waals surface area contributed by atoms with Crippen LogP contribution in [0.4, 0.5) is 0 Å². The summed E-state index contributed by atoms with van der Waals surface area (Å²) in [4.78, 5) is 2.46. The number of phenols is 1. The lowest BCUT2D eigenvalue weighted by Gasteiger charge is -2.32. The molecule has 37 heavy (non-hydrogen) atoms. The van der Waals surface area contributed by atoms with Gasteiger partial charge in [-0.25, -0.2) is 0 Å². The molecule has 1 saturated heterocycles. The van der Waals surface area contributed by atoms with E-state index < -0.39 is 0 Å². The summed E-state index contributed by atoms with van der Waals surface area (Å²) in [5.41, 5.74) is 5.81. The van der Waals surface area contributed by atoms with E-state index >= 15 is 0 Å². The van der Waals surface area contributed by atoms with E-state index in [1.54, 1.807) is 11.8 Å². The van der Waals surface area contributed by atoms with Crippen LogP contribution in [-0.2, 0) is 13.0 Å². The molecule has 198 valence electrons. The molecule has 1 heterocycles. The number of hydrogen-bond acceptors (Lipinski definition) is 5. The number of aromatic hydroxyl groups is 1. The number of benzene rings is 2. The van der Waals surface area contributed by atoms with Crippen LogP contribution < -0.4 is 4.74 Å². The Balaban J connectivity index is 1.48. The second kappa shape index (κ2) is 13.1. The molecule has 1 fully saturated rings. The van der Waals surface area contributed by atoms with E-state index in [4.69, 9.17) is 17.0 Å². The molecular formula is C32H41NO2S2. The molecule has 0 aromatic heterocycles. The predicted octanol–water partition coefficient (Wildman–Crippen LogP) is 8.42. The first-order valence-corrected chi connectivity index (χ1v) is 15.1. The van der Waals surface area contributed by atoms with Crippen molar-refractivity contribution < 1.29 is 9.84 Å². The zero-order chi connectivity index (χ0) is 26.4. The number of thiocarbonyl (C=S) groups is 1. The summed E-state index contributed by atoms with van der Waals surface area (Å²) in [6, 6.07) is 15.2. The minimum atomic E-state index is 0.0449. The van der Waals surface area contributed by atoms with Crippen LogP contribution in [0.5, 0.6) is 11.5 Å². The van der Waals surface area contributed by atoms with Crippen molar-refractivity contribution in [1.29, 1.82) is 0 Å². The smallest absolute Gasteiger partial charge is 0.225 e. The zero-order valence-corrected chi connectivity index (χ0v) is 24.2. The van der Waals surface area contributed by atoms with E-state index in [9.17, 15) is 5.11 Å². The second-order valence-electron chi connectivity index (χ2n) is 10.7. The highest BCUT2D eigenvalue weighted by atomic mass is 32.2. The van der Waals surface area contributed by atoms with Crippen molar-refractivity contribution >= 4 is 28.4 Å². The van der Waals surface area contributed by atoms with Crippen LogP contribution in [0.3, 0.4) is 0 Å². The van der Waals surface area contributed by atoms with E-state index in [-0.39, 0.29) is 11.8 Å². The van der Waals surface area contributed by atoms with Crippen LogP contribution in [0, 0.1) is 5.92 Å². The topological polar surface area (TPSA) is 32.5 Å². The Kier molecular flexibility index (Phi) is 9.91. The Bertz CT molecular complexity index is 1130. The van der Waals surface area contributed by atoms with Crippen LogP contribution in [0.25, 0.3) is 0 Å². The lowest BCUT2D eigenvalue weighted by Crippen LogP contribution is -2.18. The Morgan fingerprint density at radius 1 is 1.19 bits per heavy atom. The van der Waals surface area contributed by atoms with Crippen LogP contribution >= 0.6 is 24.0 Å². The first-order valence-electron chi connectivity index (χ1n) is 13.7. The fraction of sp³-hybridized carbons (Fsp3) is 0.469. The van der Waals surface area contributed by atoms with Crippen LogP contribution in [0.15, 0.2) is 66.3 Å². The maximum absolute atomic E-state index is 11.3. The van der Waals surface area contributed by atoms with Crippen LogP contribution in [-0.4, -0.2) is 32.7 Å². The van der Waals surface area contributed by atoms with Crippen LogP contribution in [0.1, 0.15) is 75.5 Å².